The van der Waals surface area contributed by atoms with E-state index in [1.807, 2.05) is 13.0 Å². The summed E-state index contributed by atoms with van der Waals surface area (Å²) in [5.74, 6) is -1.28. The summed E-state index contributed by atoms with van der Waals surface area (Å²) in [4.78, 5) is 13.5. The minimum Gasteiger partial charge on any atom is -0.325 e. The van der Waals surface area contributed by atoms with Crippen LogP contribution in [0.25, 0.3) is 0 Å². The molecule has 2 saturated heterocycles. The maximum Gasteiger partial charge on any atom is 0.282 e. The second-order valence-corrected chi connectivity index (χ2v) is 14.8. The van der Waals surface area contributed by atoms with Gasteiger partial charge in [0.2, 0.25) is 5.91 Å². The molecule has 0 aromatic heterocycles. The molecule has 2 aliphatic heterocycles. The van der Waals surface area contributed by atoms with Gasteiger partial charge in [-0.3, -0.25) is 4.79 Å². The van der Waals surface area contributed by atoms with Gasteiger partial charge in [0.25, 0.3) is 10.2 Å². The summed E-state index contributed by atoms with van der Waals surface area (Å²) in [5, 5.41) is 14.4. The van der Waals surface area contributed by atoms with Gasteiger partial charge < -0.3 is 16.0 Å². The van der Waals surface area contributed by atoms with Crippen molar-refractivity contribution in [2.45, 2.75) is 90.6 Å². The average Bonchev–Trinajstić information content (AvgIpc) is 3.48. The molecule has 0 radical (unpaired) electrons. The molecule has 2 heterocycles. The summed E-state index contributed by atoms with van der Waals surface area (Å²) in [6.07, 6.45) is 5.34. The molecule has 252 valence electrons. The van der Waals surface area contributed by atoms with Crippen LogP contribution in [-0.2, 0) is 15.0 Å². The Hall–Kier alpha value is -2.99. The van der Waals surface area contributed by atoms with Gasteiger partial charge in [-0.2, -0.15) is 17.0 Å². The Balaban J connectivity index is 1.50. The van der Waals surface area contributed by atoms with E-state index in [2.05, 4.69) is 24.5 Å². The molecule has 2 aliphatic rings. The first-order valence-corrected chi connectivity index (χ1v) is 17.9. The molecule has 8 nitrogen and oxygen atoms in total. The molecule has 3 atom stereocenters. The monoisotopic (exact) mass is 657 g/mol. The number of hydrogen-bond acceptors (Lipinski definition) is 5. The van der Waals surface area contributed by atoms with Crippen LogP contribution in [0.15, 0.2) is 53.7 Å². The standard InChI is InChI=1S/C35H49F2N5O3S/c1-5-26(10-13-32-23-39-14-16-42(32)46(44,45)41-15-6-7-31(41)17-24(2)3)34(22-38)40-35(43)21-33(27-8-11-29(36)12-9-27)28-18-25(4)19-30(37)20-28/h8-9,11-12,18-20,22,24,31-33,38-39H,5-7,10,13-17,21,23H2,1-4H3,(H,40,43)/b34-26-,38-22?/t31?,32-,33-/m0/s1. The Labute approximate surface area is 273 Å². The average molecular weight is 658 g/mol. The normalized spacial score (nSPS) is 20.8. The molecule has 0 bridgehead atoms. The topological polar surface area (TPSA) is 106 Å². The van der Waals surface area contributed by atoms with E-state index in [0.29, 0.717) is 73.7 Å². The van der Waals surface area contributed by atoms with Crippen LogP contribution in [0, 0.1) is 29.9 Å². The van der Waals surface area contributed by atoms with Crippen molar-refractivity contribution in [1.29, 1.82) is 5.41 Å². The highest BCUT2D eigenvalue weighted by molar-refractivity contribution is 7.86. The predicted molar refractivity (Wildman–Crippen MR) is 179 cm³/mol. The lowest BCUT2D eigenvalue weighted by Gasteiger charge is -2.39. The van der Waals surface area contributed by atoms with Crippen molar-refractivity contribution in [2.24, 2.45) is 5.92 Å². The Kier molecular flexibility index (Phi) is 12.6. The van der Waals surface area contributed by atoms with Crippen molar-refractivity contribution in [3.8, 4) is 0 Å². The summed E-state index contributed by atoms with van der Waals surface area (Å²) in [7, 11) is -3.63. The lowest BCUT2D eigenvalue weighted by atomic mass is 9.87. The lowest BCUT2D eigenvalue weighted by Crippen LogP contribution is -2.58. The molecule has 0 saturated carbocycles. The number of carbonyl (C=O) groups excluding carboxylic acids is 1. The van der Waals surface area contributed by atoms with Crippen molar-refractivity contribution in [3.63, 3.8) is 0 Å². The molecular weight excluding hydrogens is 608 g/mol. The number of piperazine rings is 1. The number of hydrogen-bond donors (Lipinski definition) is 3. The number of allylic oxidation sites excluding steroid dienone is 2. The van der Waals surface area contributed by atoms with Crippen molar-refractivity contribution in [1.82, 2.24) is 19.2 Å². The fourth-order valence-corrected chi connectivity index (χ4v) is 8.94. The molecular formula is C35H49F2N5O3S. The zero-order valence-corrected chi connectivity index (χ0v) is 28.3. The van der Waals surface area contributed by atoms with E-state index in [4.69, 9.17) is 5.41 Å². The van der Waals surface area contributed by atoms with Gasteiger partial charge in [0.15, 0.2) is 0 Å². The van der Waals surface area contributed by atoms with Crippen LogP contribution >= 0.6 is 0 Å². The molecule has 0 aliphatic carbocycles. The zero-order chi connectivity index (χ0) is 33.4. The Morgan fingerprint density at radius 3 is 2.43 bits per heavy atom. The van der Waals surface area contributed by atoms with E-state index in [1.54, 1.807) is 27.7 Å². The van der Waals surface area contributed by atoms with Gasteiger partial charge >= 0.3 is 0 Å². The summed E-state index contributed by atoms with van der Waals surface area (Å²) in [5.41, 5.74) is 3.23. The number of halogens is 2. The first-order chi connectivity index (χ1) is 21.9. The quantitative estimate of drug-likeness (QED) is 0.216. The van der Waals surface area contributed by atoms with Gasteiger partial charge in [0, 0.05) is 56.8 Å². The maximum absolute atomic E-state index is 14.4. The largest absolute Gasteiger partial charge is 0.325 e. The number of amides is 1. The third kappa shape index (κ3) is 9.08. The van der Waals surface area contributed by atoms with Gasteiger partial charge in [-0.15, -0.1) is 0 Å². The van der Waals surface area contributed by atoms with Crippen molar-refractivity contribution < 1.29 is 22.0 Å². The van der Waals surface area contributed by atoms with Crippen LogP contribution in [0.3, 0.4) is 0 Å². The first kappa shape index (κ1) is 35.9. The van der Waals surface area contributed by atoms with E-state index < -0.39 is 27.8 Å². The fourth-order valence-electron chi connectivity index (χ4n) is 6.86. The number of nitrogens with zero attached hydrogens (tertiary/aromatic N) is 2. The van der Waals surface area contributed by atoms with E-state index in [1.165, 1.54) is 24.3 Å². The first-order valence-electron chi connectivity index (χ1n) is 16.5. The number of rotatable bonds is 14. The van der Waals surface area contributed by atoms with Crippen LogP contribution in [0.4, 0.5) is 8.78 Å². The van der Waals surface area contributed by atoms with Gasteiger partial charge in [0.1, 0.15) is 11.6 Å². The molecule has 1 amide bonds. The smallest absolute Gasteiger partial charge is 0.282 e. The number of carbonyl (C=O) groups is 1. The molecule has 2 fully saturated rings. The van der Waals surface area contributed by atoms with Gasteiger partial charge in [-0.05, 0) is 97.9 Å². The van der Waals surface area contributed by atoms with Crippen LogP contribution in [0.1, 0.15) is 88.3 Å². The molecule has 4 rings (SSSR count). The van der Waals surface area contributed by atoms with E-state index in [-0.39, 0.29) is 24.4 Å². The minimum absolute atomic E-state index is 0.0291. The Morgan fingerprint density at radius 2 is 1.78 bits per heavy atom. The van der Waals surface area contributed by atoms with E-state index in [0.717, 1.165) is 31.1 Å². The van der Waals surface area contributed by atoms with Crippen molar-refractivity contribution >= 4 is 22.3 Å². The van der Waals surface area contributed by atoms with Gasteiger partial charge in [-0.25, -0.2) is 8.78 Å². The highest BCUT2D eigenvalue weighted by atomic mass is 32.2. The van der Waals surface area contributed by atoms with Crippen LogP contribution in [0.2, 0.25) is 0 Å². The lowest BCUT2D eigenvalue weighted by molar-refractivity contribution is -0.120. The third-order valence-electron chi connectivity index (χ3n) is 9.09. The second-order valence-electron chi connectivity index (χ2n) is 13.0. The highest BCUT2D eigenvalue weighted by Crippen LogP contribution is 2.32. The third-order valence-corrected chi connectivity index (χ3v) is 11.2. The predicted octanol–water partition coefficient (Wildman–Crippen LogP) is 6.03. The Bertz CT molecular complexity index is 1480. The molecule has 0 spiro atoms. The summed E-state index contributed by atoms with van der Waals surface area (Å²) in [6, 6.07) is 10.3. The van der Waals surface area contributed by atoms with E-state index >= 15 is 0 Å². The maximum atomic E-state index is 14.4. The fraction of sp³-hybridized carbons (Fsp3) is 0.543. The van der Waals surface area contributed by atoms with Crippen molar-refractivity contribution in [2.75, 3.05) is 26.2 Å². The summed E-state index contributed by atoms with van der Waals surface area (Å²) in [6.45, 7) is 10.1. The van der Waals surface area contributed by atoms with Crippen LogP contribution in [-0.4, -0.2) is 67.4 Å². The molecule has 3 N–H and O–H groups in total. The Morgan fingerprint density at radius 1 is 1.07 bits per heavy atom. The minimum atomic E-state index is -3.63. The summed E-state index contributed by atoms with van der Waals surface area (Å²) < 4.78 is 59.3. The summed E-state index contributed by atoms with van der Waals surface area (Å²) >= 11 is 0. The SMILES string of the molecule is CC/C(CC[C@H]1CNCCN1S(=O)(=O)N1CCCC1CC(C)C)=C(\C=N)NC(=O)C[C@@H](c1ccc(F)cc1)c1cc(C)cc(F)c1. The highest BCUT2D eigenvalue weighted by Gasteiger charge is 2.41. The molecule has 46 heavy (non-hydrogen) atoms. The second kappa shape index (κ2) is 16.2. The molecule has 1 unspecified atom stereocenters. The number of nitrogens with one attached hydrogen (secondary N) is 3. The van der Waals surface area contributed by atoms with Crippen LogP contribution in [0.5, 0.6) is 0 Å². The van der Waals surface area contributed by atoms with Crippen LogP contribution < -0.4 is 10.6 Å². The molecule has 11 heteroatoms. The van der Waals surface area contributed by atoms with E-state index in [9.17, 15) is 22.0 Å². The molecule has 2 aromatic carbocycles. The molecule has 2 aromatic rings. The van der Waals surface area contributed by atoms with Crippen molar-refractivity contribution in [3.05, 3.63) is 82.1 Å². The zero-order valence-electron chi connectivity index (χ0n) is 27.5. The van der Waals surface area contributed by atoms with Gasteiger partial charge in [0.05, 0.1) is 5.70 Å². The number of aryl methyl sites for hydroxylation is 1. The number of benzene rings is 2. The van der Waals surface area contributed by atoms with Gasteiger partial charge in [-0.1, -0.05) is 39.0 Å².